The minimum atomic E-state index is -0.750. The molecule has 4 aromatic rings. The molecule has 0 aliphatic carbocycles. The Morgan fingerprint density at radius 1 is 0.621 bits per heavy atom. The molecule has 4 rings (SSSR count). The third kappa shape index (κ3) is 3.27. The molecule has 5 heteroatoms. The maximum atomic E-state index is 12.9. The Morgan fingerprint density at radius 3 is 2.00 bits per heavy atom. The van der Waals surface area contributed by atoms with Crippen molar-refractivity contribution in [3.05, 3.63) is 83.9 Å². The average Bonchev–Trinajstić information content (AvgIpc) is 2.77. The van der Waals surface area contributed by atoms with Crippen LogP contribution in [-0.2, 0) is 4.74 Å². The maximum Gasteiger partial charge on any atom is 0.346 e. The summed E-state index contributed by atoms with van der Waals surface area (Å²) in [6.45, 7) is 0. The second kappa shape index (κ2) is 7.64. The van der Waals surface area contributed by atoms with Gasteiger partial charge in [-0.3, -0.25) is 0 Å². The van der Waals surface area contributed by atoms with Crippen molar-refractivity contribution in [2.75, 3.05) is 14.2 Å². The van der Waals surface area contributed by atoms with E-state index in [9.17, 15) is 9.59 Å². The van der Waals surface area contributed by atoms with Gasteiger partial charge in [-0.25, -0.2) is 9.59 Å². The van der Waals surface area contributed by atoms with E-state index in [4.69, 9.17) is 14.2 Å². The van der Waals surface area contributed by atoms with Gasteiger partial charge in [0.2, 0.25) is 0 Å². The fraction of sp³-hybridized carbons (Fsp3) is 0.0833. The van der Waals surface area contributed by atoms with Gasteiger partial charge < -0.3 is 14.2 Å². The molecule has 0 atom stereocenters. The minimum Gasteiger partial charge on any atom is -0.496 e. The van der Waals surface area contributed by atoms with Gasteiger partial charge in [0.15, 0.2) is 0 Å². The molecule has 0 heterocycles. The van der Waals surface area contributed by atoms with Crippen LogP contribution < -0.4 is 9.47 Å². The lowest BCUT2D eigenvalue weighted by Gasteiger charge is -2.13. The molecule has 0 fully saturated rings. The van der Waals surface area contributed by atoms with Gasteiger partial charge in [-0.2, -0.15) is 0 Å². The number of esters is 2. The summed E-state index contributed by atoms with van der Waals surface area (Å²) < 4.78 is 16.0. The van der Waals surface area contributed by atoms with Crippen molar-refractivity contribution < 1.29 is 23.8 Å². The SMILES string of the molecule is COc1ccc(OC)c2c(C(=O)OC(=O)c3cccc4ccccc34)cccc12. The first-order valence-corrected chi connectivity index (χ1v) is 9.02. The van der Waals surface area contributed by atoms with Crippen molar-refractivity contribution in [1.82, 2.24) is 0 Å². The van der Waals surface area contributed by atoms with Crippen LogP contribution in [0.15, 0.2) is 72.8 Å². The number of rotatable bonds is 4. The number of ether oxygens (including phenoxy) is 3. The molecule has 0 radical (unpaired) electrons. The Labute approximate surface area is 167 Å². The Morgan fingerprint density at radius 2 is 1.21 bits per heavy atom. The molecule has 0 unspecified atom stereocenters. The smallest absolute Gasteiger partial charge is 0.346 e. The van der Waals surface area contributed by atoms with Gasteiger partial charge in [0.05, 0.1) is 25.3 Å². The molecule has 0 bridgehead atoms. The fourth-order valence-electron chi connectivity index (χ4n) is 3.46. The minimum absolute atomic E-state index is 0.229. The highest BCUT2D eigenvalue weighted by Crippen LogP contribution is 2.35. The molecule has 5 nitrogen and oxygen atoms in total. The predicted molar refractivity (Wildman–Crippen MR) is 111 cm³/mol. The summed E-state index contributed by atoms with van der Waals surface area (Å²) in [5.74, 6) is -0.368. The van der Waals surface area contributed by atoms with E-state index in [2.05, 4.69) is 0 Å². The number of benzene rings is 4. The van der Waals surface area contributed by atoms with Crippen LogP contribution in [0.2, 0.25) is 0 Å². The molecule has 4 aromatic carbocycles. The second-order valence-electron chi connectivity index (χ2n) is 6.40. The summed E-state index contributed by atoms with van der Waals surface area (Å²) in [6, 6.07) is 21.4. The fourth-order valence-corrected chi connectivity index (χ4v) is 3.46. The van der Waals surface area contributed by atoms with Crippen LogP contribution in [0, 0.1) is 0 Å². The first-order valence-electron chi connectivity index (χ1n) is 9.02. The van der Waals surface area contributed by atoms with Crippen molar-refractivity contribution in [2.45, 2.75) is 0 Å². The number of carbonyl (C=O) groups is 2. The van der Waals surface area contributed by atoms with Gasteiger partial charge in [0, 0.05) is 10.8 Å². The Hall–Kier alpha value is -3.86. The predicted octanol–water partition coefficient (Wildman–Crippen LogP) is 5.01. The zero-order valence-electron chi connectivity index (χ0n) is 16.0. The van der Waals surface area contributed by atoms with Crippen molar-refractivity contribution in [1.29, 1.82) is 0 Å². The molecule has 0 saturated carbocycles. The average molecular weight is 386 g/mol. The quantitative estimate of drug-likeness (QED) is 0.365. The molecular weight excluding hydrogens is 368 g/mol. The Kier molecular flexibility index (Phi) is 4.87. The largest absolute Gasteiger partial charge is 0.496 e. The third-order valence-corrected chi connectivity index (χ3v) is 4.82. The lowest BCUT2D eigenvalue weighted by Crippen LogP contribution is -2.14. The van der Waals surface area contributed by atoms with Crippen LogP contribution in [0.4, 0.5) is 0 Å². The molecule has 0 aliphatic rings. The number of fused-ring (bicyclic) bond motifs is 2. The van der Waals surface area contributed by atoms with Crippen LogP contribution in [-0.4, -0.2) is 26.2 Å². The molecule has 144 valence electrons. The standard InChI is InChI=1S/C24H18O5/c1-27-20-13-14-21(28-2)22-18(20)11-6-12-19(22)24(26)29-23(25)17-10-5-8-15-7-3-4-9-16(15)17/h3-14H,1-2H3. The Bertz CT molecular complexity index is 1240. The van der Waals surface area contributed by atoms with Crippen LogP contribution in [0.25, 0.3) is 21.5 Å². The summed E-state index contributed by atoms with van der Waals surface area (Å²) in [5, 5.41) is 2.85. The molecule has 0 saturated heterocycles. The highest BCUT2D eigenvalue weighted by atomic mass is 16.6. The van der Waals surface area contributed by atoms with E-state index < -0.39 is 11.9 Å². The highest BCUT2D eigenvalue weighted by molar-refractivity contribution is 6.14. The monoisotopic (exact) mass is 386 g/mol. The normalized spacial score (nSPS) is 10.7. The van der Waals surface area contributed by atoms with Gasteiger partial charge >= 0.3 is 11.9 Å². The van der Waals surface area contributed by atoms with E-state index in [1.165, 1.54) is 7.11 Å². The first-order chi connectivity index (χ1) is 14.1. The molecular formula is C24H18O5. The zero-order valence-corrected chi connectivity index (χ0v) is 16.0. The molecule has 29 heavy (non-hydrogen) atoms. The van der Waals surface area contributed by atoms with Crippen LogP contribution in [0.1, 0.15) is 20.7 Å². The van der Waals surface area contributed by atoms with Gasteiger partial charge in [-0.1, -0.05) is 48.5 Å². The van der Waals surface area contributed by atoms with Crippen LogP contribution in [0.3, 0.4) is 0 Å². The summed E-state index contributed by atoms with van der Waals surface area (Å²) in [6.07, 6.45) is 0. The van der Waals surface area contributed by atoms with E-state index >= 15 is 0 Å². The van der Waals surface area contributed by atoms with Gasteiger partial charge in [0.25, 0.3) is 0 Å². The number of hydrogen-bond acceptors (Lipinski definition) is 5. The van der Waals surface area contributed by atoms with E-state index in [1.54, 1.807) is 43.5 Å². The Balaban J connectivity index is 1.75. The van der Waals surface area contributed by atoms with Crippen molar-refractivity contribution in [2.24, 2.45) is 0 Å². The third-order valence-electron chi connectivity index (χ3n) is 4.82. The van der Waals surface area contributed by atoms with E-state index in [0.717, 1.165) is 10.8 Å². The molecule has 0 spiro atoms. The molecule has 0 N–H and O–H groups in total. The van der Waals surface area contributed by atoms with Crippen molar-refractivity contribution in [3.8, 4) is 11.5 Å². The molecule has 0 aromatic heterocycles. The summed E-state index contributed by atoms with van der Waals surface area (Å²) >= 11 is 0. The molecule has 0 aliphatic heterocycles. The zero-order chi connectivity index (χ0) is 20.4. The lowest BCUT2D eigenvalue weighted by molar-refractivity contribution is 0.0400. The van der Waals surface area contributed by atoms with Crippen molar-refractivity contribution >= 4 is 33.5 Å². The first kappa shape index (κ1) is 18.5. The van der Waals surface area contributed by atoms with Gasteiger partial charge in [-0.05, 0) is 35.0 Å². The molecule has 0 amide bonds. The number of methoxy groups -OCH3 is 2. The highest BCUT2D eigenvalue weighted by Gasteiger charge is 2.21. The van der Waals surface area contributed by atoms with Crippen molar-refractivity contribution in [3.63, 3.8) is 0 Å². The second-order valence-corrected chi connectivity index (χ2v) is 6.40. The van der Waals surface area contributed by atoms with E-state index in [-0.39, 0.29) is 5.56 Å². The van der Waals surface area contributed by atoms with E-state index in [0.29, 0.717) is 27.8 Å². The lowest BCUT2D eigenvalue weighted by atomic mass is 10.0. The van der Waals surface area contributed by atoms with Gasteiger partial charge in [-0.15, -0.1) is 0 Å². The topological polar surface area (TPSA) is 61.8 Å². The number of hydrogen-bond donors (Lipinski definition) is 0. The van der Waals surface area contributed by atoms with Crippen LogP contribution in [0.5, 0.6) is 11.5 Å². The summed E-state index contributed by atoms with van der Waals surface area (Å²) in [7, 11) is 3.07. The van der Waals surface area contributed by atoms with E-state index in [1.807, 2.05) is 36.4 Å². The number of carbonyl (C=O) groups excluding carboxylic acids is 2. The van der Waals surface area contributed by atoms with Crippen LogP contribution >= 0.6 is 0 Å². The summed E-state index contributed by atoms with van der Waals surface area (Å²) in [5.41, 5.74) is 0.563. The van der Waals surface area contributed by atoms with Gasteiger partial charge in [0.1, 0.15) is 11.5 Å². The maximum absolute atomic E-state index is 12.9. The summed E-state index contributed by atoms with van der Waals surface area (Å²) in [4.78, 5) is 25.7.